The SMILES string of the molecule is CC1(O)CN(S(=O)(=O)CCO)C1. The minimum absolute atomic E-state index is 0.134. The number of rotatable bonds is 3. The van der Waals surface area contributed by atoms with Crippen LogP contribution in [0.25, 0.3) is 0 Å². The Bertz CT molecular complexity index is 251. The first-order valence-electron chi connectivity index (χ1n) is 3.68. The van der Waals surface area contributed by atoms with Crippen molar-refractivity contribution in [2.45, 2.75) is 12.5 Å². The number of aliphatic hydroxyl groups excluding tert-OH is 1. The van der Waals surface area contributed by atoms with Crippen LogP contribution in [0, 0.1) is 0 Å². The third kappa shape index (κ3) is 1.95. The van der Waals surface area contributed by atoms with Gasteiger partial charge in [-0.2, -0.15) is 4.31 Å². The zero-order valence-electron chi connectivity index (χ0n) is 6.89. The van der Waals surface area contributed by atoms with Gasteiger partial charge in [-0.1, -0.05) is 0 Å². The molecular formula is C6H13NO4S. The second-order valence-electron chi connectivity index (χ2n) is 3.30. The largest absolute Gasteiger partial charge is 0.395 e. The van der Waals surface area contributed by atoms with Crippen LogP contribution in [0.15, 0.2) is 0 Å². The molecular weight excluding hydrogens is 182 g/mol. The van der Waals surface area contributed by atoms with Crippen molar-refractivity contribution >= 4 is 10.0 Å². The molecule has 72 valence electrons. The maximum Gasteiger partial charge on any atom is 0.216 e. The van der Waals surface area contributed by atoms with Crippen molar-refractivity contribution in [1.82, 2.24) is 4.31 Å². The Morgan fingerprint density at radius 3 is 2.33 bits per heavy atom. The number of β-amino-alcohol motifs (C(OH)–C–C–N with tert-alkyl or cyclic N) is 1. The van der Waals surface area contributed by atoms with E-state index in [9.17, 15) is 13.5 Å². The summed E-state index contributed by atoms with van der Waals surface area (Å²) < 4.78 is 23.5. The monoisotopic (exact) mass is 195 g/mol. The van der Waals surface area contributed by atoms with Crippen LogP contribution >= 0.6 is 0 Å². The highest BCUT2D eigenvalue weighted by molar-refractivity contribution is 7.89. The van der Waals surface area contributed by atoms with E-state index in [-0.39, 0.29) is 25.4 Å². The molecule has 1 saturated heterocycles. The Morgan fingerprint density at radius 1 is 1.50 bits per heavy atom. The Kier molecular flexibility index (Phi) is 2.44. The van der Waals surface area contributed by atoms with E-state index in [0.29, 0.717) is 0 Å². The van der Waals surface area contributed by atoms with Crippen LogP contribution in [-0.2, 0) is 10.0 Å². The molecule has 1 fully saturated rings. The lowest BCUT2D eigenvalue weighted by Crippen LogP contribution is -2.62. The molecule has 0 bridgehead atoms. The number of sulfonamides is 1. The molecule has 0 spiro atoms. The smallest absolute Gasteiger partial charge is 0.216 e. The summed E-state index contributed by atoms with van der Waals surface area (Å²) in [7, 11) is -3.32. The van der Waals surface area contributed by atoms with Crippen molar-refractivity contribution in [2.75, 3.05) is 25.4 Å². The van der Waals surface area contributed by atoms with E-state index in [2.05, 4.69) is 0 Å². The van der Waals surface area contributed by atoms with E-state index in [0.717, 1.165) is 0 Å². The first-order chi connectivity index (χ1) is 5.37. The summed E-state index contributed by atoms with van der Waals surface area (Å²) in [6.45, 7) is 1.48. The topological polar surface area (TPSA) is 77.8 Å². The molecule has 1 heterocycles. The van der Waals surface area contributed by atoms with E-state index in [1.54, 1.807) is 6.92 Å². The van der Waals surface area contributed by atoms with Crippen molar-refractivity contribution in [1.29, 1.82) is 0 Å². The van der Waals surface area contributed by atoms with Gasteiger partial charge >= 0.3 is 0 Å². The van der Waals surface area contributed by atoms with Gasteiger partial charge in [0.05, 0.1) is 18.0 Å². The zero-order chi connectivity index (χ0) is 9.41. The van der Waals surface area contributed by atoms with Crippen LogP contribution in [-0.4, -0.2) is 54.0 Å². The second-order valence-corrected chi connectivity index (χ2v) is 5.39. The fourth-order valence-electron chi connectivity index (χ4n) is 1.15. The van der Waals surface area contributed by atoms with Crippen LogP contribution in [0.2, 0.25) is 0 Å². The van der Waals surface area contributed by atoms with Gasteiger partial charge in [-0.05, 0) is 6.92 Å². The van der Waals surface area contributed by atoms with Crippen LogP contribution in [0.1, 0.15) is 6.92 Å². The van der Waals surface area contributed by atoms with Crippen molar-refractivity contribution in [3.63, 3.8) is 0 Å². The highest BCUT2D eigenvalue weighted by Crippen LogP contribution is 2.22. The molecule has 0 amide bonds. The highest BCUT2D eigenvalue weighted by Gasteiger charge is 2.42. The van der Waals surface area contributed by atoms with E-state index in [1.807, 2.05) is 0 Å². The summed E-state index contributed by atoms with van der Waals surface area (Å²) in [5.41, 5.74) is -0.886. The van der Waals surface area contributed by atoms with E-state index < -0.39 is 15.6 Å². The standard InChI is InChI=1S/C6H13NO4S/c1-6(9)4-7(5-6)12(10,11)3-2-8/h8-9H,2-5H2,1H3. The quantitative estimate of drug-likeness (QED) is 0.567. The van der Waals surface area contributed by atoms with Gasteiger partial charge in [-0.15, -0.1) is 0 Å². The van der Waals surface area contributed by atoms with Gasteiger partial charge in [0.25, 0.3) is 0 Å². The highest BCUT2D eigenvalue weighted by atomic mass is 32.2. The molecule has 0 radical (unpaired) electrons. The number of hydrogen-bond acceptors (Lipinski definition) is 4. The fraction of sp³-hybridized carbons (Fsp3) is 1.00. The molecule has 12 heavy (non-hydrogen) atoms. The minimum Gasteiger partial charge on any atom is -0.395 e. The molecule has 1 aliphatic heterocycles. The molecule has 0 aliphatic carbocycles. The maximum atomic E-state index is 11.2. The van der Waals surface area contributed by atoms with Gasteiger partial charge in [0.2, 0.25) is 10.0 Å². The van der Waals surface area contributed by atoms with Gasteiger partial charge in [-0.25, -0.2) is 8.42 Å². The van der Waals surface area contributed by atoms with Gasteiger partial charge in [0.15, 0.2) is 0 Å². The van der Waals surface area contributed by atoms with Crippen molar-refractivity contribution in [2.24, 2.45) is 0 Å². The zero-order valence-corrected chi connectivity index (χ0v) is 7.71. The second kappa shape index (κ2) is 2.95. The third-order valence-electron chi connectivity index (χ3n) is 1.78. The number of aliphatic hydroxyl groups is 2. The Hall–Kier alpha value is -0.170. The normalized spacial score (nSPS) is 23.6. The molecule has 0 aromatic rings. The molecule has 5 nitrogen and oxygen atoms in total. The minimum atomic E-state index is -3.32. The summed E-state index contributed by atoms with van der Waals surface area (Å²) >= 11 is 0. The summed E-state index contributed by atoms with van der Waals surface area (Å²) in [4.78, 5) is 0. The van der Waals surface area contributed by atoms with Crippen LogP contribution in [0.4, 0.5) is 0 Å². The lowest BCUT2D eigenvalue weighted by Gasteiger charge is -2.42. The summed E-state index contributed by atoms with van der Waals surface area (Å²) in [6.07, 6.45) is 0. The van der Waals surface area contributed by atoms with Crippen LogP contribution < -0.4 is 0 Å². The van der Waals surface area contributed by atoms with Gasteiger partial charge in [0.1, 0.15) is 0 Å². The average Bonchev–Trinajstić information content (AvgIpc) is 1.82. The predicted octanol–water partition coefficient (Wildman–Crippen LogP) is -1.62. The lowest BCUT2D eigenvalue weighted by atomic mass is 10.0. The average molecular weight is 195 g/mol. The number of nitrogens with zero attached hydrogens (tertiary/aromatic N) is 1. The van der Waals surface area contributed by atoms with E-state index in [4.69, 9.17) is 5.11 Å². The molecule has 0 unspecified atom stereocenters. The van der Waals surface area contributed by atoms with Crippen molar-refractivity contribution < 1.29 is 18.6 Å². The summed E-state index contributed by atoms with van der Waals surface area (Å²) in [5, 5.41) is 17.7. The Balaban J connectivity index is 2.53. The molecule has 0 aromatic heterocycles. The van der Waals surface area contributed by atoms with Gasteiger partial charge < -0.3 is 10.2 Å². The van der Waals surface area contributed by atoms with Gasteiger partial charge in [-0.3, -0.25) is 0 Å². The Labute approximate surface area is 71.7 Å². The molecule has 6 heteroatoms. The third-order valence-corrected chi connectivity index (χ3v) is 3.52. The van der Waals surface area contributed by atoms with Crippen LogP contribution in [0.3, 0.4) is 0 Å². The first-order valence-corrected chi connectivity index (χ1v) is 5.29. The predicted molar refractivity (Wildman–Crippen MR) is 43.1 cm³/mol. The van der Waals surface area contributed by atoms with Crippen LogP contribution in [0.5, 0.6) is 0 Å². The molecule has 0 aromatic carbocycles. The van der Waals surface area contributed by atoms with Crippen molar-refractivity contribution in [3.8, 4) is 0 Å². The summed E-state index contributed by atoms with van der Waals surface area (Å²) in [5.74, 6) is -0.261. The molecule has 1 rings (SSSR count). The Morgan fingerprint density at radius 2 is 2.00 bits per heavy atom. The fourth-order valence-corrected chi connectivity index (χ4v) is 2.59. The summed E-state index contributed by atoms with van der Waals surface area (Å²) in [6, 6.07) is 0. The maximum absolute atomic E-state index is 11.2. The molecule has 0 atom stereocenters. The van der Waals surface area contributed by atoms with Gasteiger partial charge in [0, 0.05) is 13.1 Å². The molecule has 0 saturated carbocycles. The van der Waals surface area contributed by atoms with Crippen molar-refractivity contribution in [3.05, 3.63) is 0 Å². The van der Waals surface area contributed by atoms with E-state index >= 15 is 0 Å². The first kappa shape index (κ1) is 9.91. The lowest BCUT2D eigenvalue weighted by molar-refractivity contribution is -0.0427. The van der Waals surface area contributed by atoms with E-state index in [1.165, 1.54) is 4.31 Å². The molecule has 1 aliphatic rings. The number of hydrogen-bond donors (Lipinski definition) is 2. The molecule has 2 N–H and O–H groups in total.